The summed E-state index contributed by atoms with van der Waals surface area (Å²) >= 11 is 0. The molecule has 0 radical (unpaired) electrons. The van der Waals surface area contributed by atoms with Gasteiger partial charge in [0.2, 0.25) is 0 Å². The van der Waals surface area contributed by atoms with Crippen LogP contribution in [0.25, 0.3) is 0 Å². The van der Waals surface area contributed by atoms with Crippen molar-refractivity contribution < 1.29 is 78.5 Å². The largest absolute Gasteiger partial charge is 1.00 e. The van der Waals surface area contributed by atoms with Gasteiger partial charge in [-0.1, -0.05) is 34.9 Å². The van der Waals surface area contributed by atoms with Crippen molar-refractivity contribution in [2.45, 2.75) is 72.6 Å². The molecule has 0 N–H and O–H groups in total. The SMILES string of the molecule is CC(C)=CCC/C(C)=C/CC/C(C)=C/CCCCP(=O)([O-])C(=O)[O-].[Na+].[Na+]. The number of hydrogen-bond donors (Lipinski definition) is 0. The molecule has 0 amide bonds. The molecule has 0 aliphatic heterocycles. The zero-order chi connectivity index (χ0) is 18.6. The molecule has 0 aromatic rings. The second-order valence-electron chi connectivity index (χ2n) is 6.62. The van der Waals surface area contributed by atoms with Crippen LogP contribution in [0.5, 0.6) is 0 Å². The molecule has 0 aliphatic rings. The van der Waals surface area contributed by atoms with Crippen molar-refractivity contribution in [1.29, 1.82) is 0 Å². The molecular formula is C19H31Na2O4P. The molecule has 0 saturated heterocycles. The molecule has 0 rings (SSSR count). The van der Waals surface area contributed by atoms with E-state index in [2.05, 4.69) is 45.9 Å². The van der Waals surface area contributed by atoms with Crippen molar-refractivity contribution in [2.75, 3.05) is 6.16 Å². The van der Waals surface area contributed by atoms with Gasteiger partial charge >= 0.3 is 59.1 Å². The molecule has 0 aliphatic carbocycles. The van der Waals surface area contributed by atoms with E-state index in [4.69, 9.17) is 0 Å². The van der Waals surface area contributed by atoms with Crippen LogP contribution in [0.4, 0.5) is 4.79 Å². The molecule has 1 atom stereocenters. The summed E-state index contributed by atoms with van der Waals surface area (Å²) in [7, 11) is -4.35. The van der Waals surface area contributed by atoms with Gasteiger partial charge in [-0.3, -0.25) is 0 Å². The number of rotatable bonds is 12. The Morgan fingerprint density at radius 3 is 1.77 bits per heavy atom. The number of carbonyl (C=O) groups excluding carboxylic acids is 1. The van der Waals surface area contributed by atoms with E-state index in [0.29, 0.717) is 12.8 Å². The molecule has 0 aromatic carbocycles. The number of hydrogen-bond acceptors (Lipinski definition) is 4. The van der Waals surface area contributed by atoms with E-state index in [1.54, 1.807) is 0 Å². The van der Waals surface area contributed by atoms with Crippen LogP contribution in [0, 0.1) is 0 Å². The van der Waals surface area contributed by atoms with Gasteiger partial charge in [0.15, 0.2) is 0 Å². The van der Waals surface area contributed by atoms with Gasteiger partial charge in [-0.15, -0.1) is 0 Å². The van der Waals surface area contributed by atoms with Crippen molar-refractivity contribution >= 4 is 13.1 Å². The standard InChI is InChI=1S/C19H33O4P.2Na/c1-16(2)10-8-12-18(4)14-9-13-17(3)11-6-5-7-15-24(22,23)19(20)21;;/h10-11,14H,5-9,12-13,15H2,1-4H3,(H,20,21)(H,22,23);;/q;2*+1/p-2/b17-11+,18-14+;;. The quantitative estimate of drug-likeness (QED) is 0.174. The van der Waals surface area contributed by atoms with Gasteiger partial charge in [0.25, 0.3) is 0 Å². The van der Waals surface area contributed by atoms with E-state index in [1.807, 2.05) is 0 Å². The Balaban J connectivity index is -0.00000264. The fraction of sp³-hybridized carbons (Fsp3) is 0.632. The third-order valence-electron chi connectivity index (χ3n) is 3.80. The number of unbranched alkanes of at least 4 members (excludes halogenated alkanes) is 2. The van der Waals surface area contributed by atoms with Crippen molar-refractivity contribution in [3.05, 3.63) is 34.9 Å². The van der Waals surface area contributed by atoms with Crippen LogP contribution in [0.15, 0.2) is 34.9 Å². The second kappa shape index (κ2) is 17.9. The zero-order valence-corrected chi connectivity index (χ0v) is 22.4. The van der Waals surface area contributed by atoms with Crippen LogP contribution in [-0.4, -0.2) is 11.9 Å². The van der Waals surface area contributed by atoms with Gasteiger partial charge in [0.05, 0.1) is 13.1 Å². The van der Waals surface area contributed by atoms with Gasteiger partial charge in [0.1, 0.15) is 0 Å². The van der Waals surface area contributed by atoms with E-state index in [0.717, 1.165) is 32.1 Å². The molecule has 4 nitrogen and oxygen atoms in total. The Labute approximate surface area is 203 Å². The molecule has 26 heavy (non-hydrogen) atoms. The van der Waals surface area contributed by atoms with E-state index in [9.17, 15) is 19.4 Å². The first-order valence-electron chi connectivity index (χ1n) is 8.61. The van der Waals surface area contributed by atoms with Gasteiger partial charge in [-0.05, 0) is 78.8 Å². The van der Waals surface area contributed by atoms with Gasteiger partial charge in [-0.25, -0.2) is 0 Å². The van der Waals surface area contributed by atoms with E-state index >= 15 is 0 Å². The number of allylic oxidation sites excluding steroid dienone is 6. The Kier molecular flexibility index (Phi) is 21.8. The van der Waals surface area contributed by atoms with Crippen LogP contribution in [0.1, 0.15) is 72.6 Å². The predicted octanol–water partition coefficient (Wildman–Crippen LogP) is -1.43. The average Bonchev–Trinajstić information content (AvgIpc) is 2.46. The zero-order valence-electron chi connectivity index (χ0n) is 17.5. The molecule has 0 saturated carbocycles. The summed E-state index contributed by atoms with van der Waals surface area (Å²) in [4.78, 5) is 21.4. The van der Waals surface area contributed by atoms with Crippen LogP contribution in [-0.2, 0) is 4.57 Å². The van der Waals surface area contributed by atoms with Crippen LogP contribution < -0.4 is 69.1 Å². The van der Waals surface area contributed by atoms with Crippen molar-refractivity contribution in [3.63, 3.8) is 0 Å². The second-order valence-corrected chi connectivity index (χ2v) is 8.78. The summed E-state index contributed by atoms with van der Waals surface area (Å²) in [5.74, 6) is 0. The summed E-state index contributed by atoms with van der Waals surface area (Å²) in [6.07, 6.45) is 12.4. The number of carbonyl (C=O) groups is 1. The minimum Gasteiger partial charge on any atom is -0.795 e. The van der Waals surface area contributed by atoms with Gasteiger partial charge in [0, 0.05) is 0 Å². The topological polar surface area (TPSA) is 80.3 Å². The van der Waals surface area contributed by atoms with Gasteiger partial charge < -0.3 is 19.4 Å². The Hall–Kier alpha value is 0.880. The third-order valence-corrected chi connectivity index (χ3v) is 5.26. The van der Waals surface area contributed by atoms with Crippen molar-refractivity contribution in [3.8, 4) is 0 Å². The smallest absolute Gasteiger partial charge is 0.795 e. The van der Waals surface area contributed by atoms with Gasteiger partial charge in [-0.2, -0.15) is 0 Å². The normalized spacial score (nSPS) is 13.9. The molecule has 1 unspecified atom stereocenters. The summed E-state index contributed by atoms with van der Waals surface area (Å²) in [5.41, 5.74) is 2.11. The first-order valence-corrected chi connectivity index (χ1v) is 10.4. The molecule has 0 heterocycles. The Morgan fingerprint density at radius 1 is 0.846 bits per heavy atom. The van der Waals surface area contributed by atoms with E-state index in [1.165, 1.54) is 16.7 Å². The van der Waals surface area contributed by atoms with E-state index in [-0.39, 0.29) is 65.3 Å². The maximum atomic E-state index is 11.1. The molecule has 0 spiro atoms. The van der Waals surface area contributed by atoms with Crippen molar-refractivity contribution in [1.82, 2.24) is 0 Å². The molecular weight excluding hydrogens is 369 g/mol. The molecule has 0 aromatic heterocycles. The fourth-order valence-corrected chi connectivity index (χ4v) is 3.07. The fourth-order valence-electron chi connectivity index (χ4n) is 2.24. The minimum absolute atomic E-state index is 0. The molecule has 0 fully saturated rings. The maximum Gasteiger partial charge on any atom is 1.00 e. The van der Waals surface area contributed by atoms with Crippen LogP contribution >= 0.6 is 7.37 Å². The number of carboxylic acid groups (broad SMARTS) is 1. The first-order chi connectivity index (χ1) is 11.1. The summed E-state index contributed by atoms with van der Waals surface area (Å²) < 4.78 is 11.1. The monoisotopic (exact) mass is 400 g/mol. The van der Waals surface area contributed by atoms with E-state index < -0.39 is 13.1 Å². The predicted molar refractivity (Wildman–Crippen MR) is 97.1 cm³/mol. The summed E-state index contributed by atoms with van der Waals surface area (Å²) in [6.45, 7) is 8.46. The molecule has 0 bridgehead atoms. The molecule has 7 heteroatoms. The maximum absolute atomic E-state index is 11.1. The van der Waals surface area contributed by atoms with Crippen LogP contribution in [0.3, 0.4) is 0 Å². The first kappa shape index (κ1) is 31.6. The summed E-state index contributed by atoms with van der Waals surface area (Å²) in [6, 6.07) is 0. The Bertz CT molecular complexity index is 536. The summed E-state index contributed by atoms with van der Waals surface area (Å²) in [5, 5.41) is 10.4. The van der Waals surface area contributed by atoms with Crippen LogP contribution in [0.2, 0.25) is 0 Å². The van der Waals surface area contributed by atoms with Crippen molar-refractivity contribution in [2.24, 2.45) is 0 Å². The average molecular weight is 400 g/mol. The molecule has 138 valence electrons. The minimum atomic E-state index is -4.35. The third kappa shape index (κ3) is 18.3. The Morgan fingerprint density at radius 2 is 1.31 bits per heavy atom.